The van der Waals surface area contributed by atoms with Crippen LogP contribution in [-0.4, -0.2) is 29.9 Å². The van der Waals surface area contributed by atoms with E-state index in [2.05, 4.69) is 48.3 Å². The molecule has 22 heavy (non-hydrogen) atoms. The zero-order chi connectivity index (χ0) is 15.6. The number of nitrogens with zero attached hydrogens (tertiary/aromatic N) is 1. The van der Waals surface area contributed by atoms with E-state index in [-0.39, 0.29) is 5.92 Å². The smallest absolute Gasteiger partial charge is 0.226 e. The number of hydrogen-bond acceptors (Lipinski definition) is 2. The van der Waals surface area contributed by atoms with E-state index in [1.54, 1.807) is 0 Å². The van der Waals surface area contributed by atoms with Gasteiger partial charge in [0, 0.05) is 18.5 Å². The quantitative estimate of drug-likeness (QED) is 0.905. The molecule has 1 N–H and O–H groups in total. The van der Waals surface area contributed by atoms with E-state index in [4.69, 9.17) is 0 Å². The summed E-state index contributed by atoms with van der Waals surface area (Å²) in [4.78, 5) is 15.2. The lowest BCUT2D eigenvalue weighted by Crippen LogP contribution is -2.41. The van der Waals surface area contributed by atoms with Crippen LogP contribution >= 0.6 is 0 Å². The molecule has 2 atom stereocenters. The standard InChI is InChI=1S/C19H28N2O/c1-3-15(2)21(14-16-7-5-4-6-8-16)18(22)17-13-19(17)9-11-20-12-10-19/h4-8,15,17,20H,3,9-14H2,1-2H3. The molecule has 2 aliphatic rings. The maximum atomic E-state index is 13.1. The summed E-state index contributed by atoms with van der Waals surface area (Å²) in [6.07, 6.45) is 4.46. The highest BCUT2D eigenvalue weighted by atomic mass is 16.2. The maximum Gasteiger partial charge on any atom is 0.226 e. The van der Waals surface area contributed by atoms with Crippen molar-refractivity contribution < 1.29 is 4.79 Å². The number of hydrogen-bond donors (Lipinski definition) is 1. The Hall–Kier alpha value is -1.35. The second-order valence-corrected chi connectivity index (χ2v) is 7.08. The Labute approximate surface area is 134 Å². The highest BCUT2D eigenvalue weighted by molar-refractivity contribution is 5.83. The van der Waals surface area contributed by atoms with Gasteiger partial charge in [0.05, 0.1) is 0 Å². The van der Waals surface area contributed by atoms with Crippen LogP contribution in [0.1, 0.15) is 45.1 Å². The first-order valence-corrected chi connectivity index (χ1v) is 8.71. The van der Waals surface area contributed by atoms with Gasteiger partial charge in [0.25, 0.3) is 0 Å². The number of carbonyl (C=O) groups is 1. The number of rotatable bonds is 5. The van der Waals surface area contributed by atoms with Crippen molar-refractivity contribution in [3.8, 4) is 0 Å². The zero-order valence-corrected chi connectivity index (χ0v) is 13.8. The van der Waals surface area contributed by atoms with Crippen molar-refractivity contribution in [1.29, 1.82) is 0 Å². The lowest BCUT2D eigenvalue weighted by molar-refractivity contribution is -0.136. The Morgan fingerprint density at radius 3 is 2.64 bits per heavy atom. The lowest BCUT2D eigenvalue weighted by atomic mass is 9.91. The van der Waals surface area contributed by atoms with E-state index in [1.807, 2.05) is 6.07 Å². The van der Waals surface area contributed by atoms with Gasteiger partial charge in [-0.05, 0) is 56.7 Å². The van der Waals surface area contributed by atoms with Gasteiger partial charge in [-0.25, -0.2) is 0 Å². The van der Waals surface area contributed by atoms with Crippen molar-refractivity contribution in [2.75, 3.05) is 13.1 Å². The fourth-order valence-electron chi connectivity index (χ4n) is 3.83. The molecule has 1 heterocycles. The third-order valence-corrected chi connectivity index (χ3v) is 5.69. The zero-order valence-electron chi connectivity index (χ0n) is 13.8. The molecule has 2 unspecified atom stereocenters. The monoisotopic (exact) mass is 300 g/mol. The Balaban J connectivity index is 1.71. The minimum absolute atomic E-state index is 0.271. The molecule has 3 nitrogen and oxygen atoms in total. The van der Waals surface area contributed by atoms with Crippen LogP contribution in [0.5, 0.6) is 0 Å². The molecule has 0 radical (unpaired) electrons. The van der Waals surface area contributed by atoms with E-state index in [0.717, 1.165) is 32.5 Å². The van der Waals surface area contributed by atoms with Crippen LogP contribution in [0.3, 0.4) is 0 Å². The van der Waals surface area contributed by atoms with Gasteiger partial charge in [0.15, 0.2) is 0 Å². The van der Waals surface area contributed by atoms with Crippen LogP contribution in [0.2, 0.25) is 0 Å². The van der Waals surface area contributed by atoms with E-state index in [9.17, 15) is 4.79 Å². The summed E-state index contributed by atoms with van der Waals surface area (Å²) in [5, 5.41) is 3.42. The van der Waals surface area contributed by atoms with Gasteiger partial charge in [-0.1, -0.05) is 37.3 Å². The first kappa shape index (κ1) is 15.5. The van der Waals surface area contributed by atoms with Crippen LogP contribution < -0.4 is 5.32 Å². The summed E-state index contributed by atoms with van der Waals surface area (Å²) in [5.41, 5.74) is 1.56. The first-order chi connectivity index (χ1) is 10.7. The second kappa shape index (κ2) is 6.41. The van der Waals surface area contributed by atoms with Crippen molar-refractivity contribution in [3.63, 3.8) is 0 Å². The summed E-state index contributed by atoms with van der Waals surface area (Å²) in [7, 11) is 0. The van der Waals surface area contributed by atoms with Gasteiger partial charge < -0.3 is 10.2 Å². The minimum atomic E-state index is 0.271. The number of nitrogens with one attached hydrogen (secondary N) is 1. The van der Waals surface area contributed by atoms with E-state index in [0.29, 0.717) is 17.4 Å². The molecule has 3 heteroatoms. The van der Waals surface area contributed by atoms with Gasteiger partial charge in [-0.2, -0.15) is 0 Å². The molecule has 2 fully saturated rings. The third-order valence-electron chi connectivity index (χ3n) is 5.69. The molecule has 1 aliphatic carbocycles. The Morgan fingerprint density at radius 2 is 2.00 bits per heavy atom. The van der Waals surface area contributed by atoms with Crippen molar-refractivity contribution in [1.82, 2.24) is 10.2 Å². The minimum Gasteiger partial charge on any atom is -0.335 e. The van der Waals surface area contributed by atoms with Crippen molar-refractivity contribution >= 4 is 5.91 Å². The van der Waals surface area contributed by atoms with Gasteiger partial charge in [0.1, 0.15) is 0 Å². The topological polar surface area (TPSA) is 32.3 Å². The molecular formula is C19H28N2O. The van der Waals surface area contributed by atoms with Crippen LogP contribution in [-0.2, 0) is 11.3 Å². The van der Waals surface area contributed by atoms with Crippen molar-refractivity contribution in [2.24, 2.45) is 11.3 Å². The maximum absolute atomic E-state index is 13.1. The SMILES string of the molecule is CCC(C)N(Cc1ccccc1)C(=O)C1CC12CCNCC2. The van der Waals surface area contributed by atoms with Crippen molar-refractivity contribution in [3.05, 3.63) is 35.9 Å². The molecule has 3 rings (SSSR count). The number of carbonyl (C=O) groups excluding carboxylic acids is 1. The molecule has 1 spiro atoms. The molecular weight excluding hydrogens is 272 g/mol. The number of piperidine rings is 1. The predicted molar refractivity (Wildman–Crippen MR) is 89.4 cm³/mol. The van der Waals surface area contributed by atoms with Gasteiger partial charge >= 0.3 is 0 Å². The van der Waals surface area contributed by atoms with Crippen LogP contribution in [0.25, 0.3) is 0 Å². The van der Waals surface area contributed by atoms with Crippen LogP contribution in [0.4, 0.5) is 0 Å². The summed E-state index contributed by atoms with van der Waals surface area (Å²) in [6, 6.07) is 10.7. The van der Waals surface area contributed by atoms with Crippen molar-refractivity contribution in [2.45, 2.75) is 52.1 Å². The lowest BCUT2D eigenvalue weighted by Gasteiger charge is -2.31. The Bertz CT molecular complexity index is 507. The Kier molecular flexibility index (Phi) is 4.53. The van der Waals surface area contributed by atoms with Crippen LogP contribution in [0, 0.1) is 11.3 Å². The molecule has 1 aromatic carbocycles. The fourth-order valence-corrected chi connectivity index (χ4v) is 3.83. The predicted octanol–water partition coefficient (Wildman–Crippen LogP) is 3.20. The van der Waals surface area contributed by atoms with Gasteiger partial charge in [-0.3, -0.25) is 4.79 Å². The number of amides is 1. The average molecular weight is 300 g/mol. The molecule has 120 valence electrons. The van der Waals surface area contributed by atoms with Gasteiger partial charge in [-0.15, -0.1) is 0 Å². The normalized spacial score (nSPS) is 24.0. The molecule has 1 aliphatic heterocycles. The summed E-state index contributed by atoms with van der Waals surface area (Å²) >= 11 is 0. The van der Waals surface area contributed by atoms with E-state index in [1.165, 1.54) is 18.4 Å². The summed E-state index contributed by atoms with van der Waals surface area (Å²) < 4.78 is 0. The molecule has 1 aromatic rings. The fraction of sp³-hybridized carbons (Fsp3) is 0.632. The Morgan fingerprint density at radius 1 is 1.32 bits per heavy atom. The molecule has 1 amide bonds. The highest BCUT2D eigenvalue weighted by Gasteiger charge is 2.58. The average Bonchev–Trinajstić information content (AvgIpc) is 3.26. The summed E-state index contributed by atoms with van der Waals surface area (Å²) in [5.74, 6) is 0.660. The molecule has 0 bridgehead atoms. The largest absolute Gasteiger partial charge is 0.335 e. The first-order valence-electron chi connectivity index (χ1n) is 8.71. The van der Waals surface area contributed by atoms with E-state index >= 15 is 0 Å². The molecule has 0 aromatic heterocycles. The highest BCUT2D eigenvalue weighted by Crippen LogP contribution is 2.59. The third kappa shape index (κ3) is 3.05. The molecule has 1 saturated carbocycles. The van der Waals surface area contributed by atoms with Crippen LogP contribution in [0.15, 0.2) is 30.3 Å². The number of benzene rings is 1. The molecule has 1 saturated heterocycles. The van der Waals surface area contributed by atoms with Gasteiger partial charge in [0.2, 0.25) is 5.91 Å². The summed E-state index contributed by atoms with van der Waals surface area (Å²) in [6.45, 7) is 7.25. The van der Waals surface area contributed by atoms with E-state index < -0.39 is 0 Å². The second-order valence-electron chi connectivity index (χ2n) is 7.08.